The summed E-state index contributed by atoms with van der Waals surface area (Å²) in [6.07, 6.45) is 3.18. The molecule has 33 heavy (non-hydrogen) atoms. The molecule has 0 bridgehead atoms. The van der Waals surface area contributed by atoms with E-state index in [9.17, 15) is 14.9 Å². The molecule has 1 aromatic carbocycles. The van der Waals surface area contributed by atoms with Crippen molar-refractivity contribution >= 4 is 33.8 Å². The topological polar surface area (TPSA) is 104 Å². The van der Waals surface area contributed by atoms with Gasteiger partial charge in [0.2, 0.25) is 11.8 Å². The Morgan fingerprint density at radius 3 is 2.61 bits per heavy atom. The van der Waals surface area contributed by atoms with Crippen LogP contribution in [0.25, 0.3) is 0 Å². The summed E-state index contributed by atoms with van der Waals surface area (Å²) in [5.74, 6) is 0.868. The number of fused-ring (bicyclic) bond motifs is 1. The summed E-state index contributed by atoms with van der Waals surface area (Å²) in [6, 6.07) is 7.51. The first-order valence-corrected chi connectivity index (χ1v) is 12.0. The Labute approximate surface area is 198 Å². The molecule has 0 spiro atoms. The minimum Gasteiger partial charge on any atom is -0.490 e. The van der Waals surface area contributed by atoms with Crippen LogP contribution >= 0.6 is 11.3 Å². The predicted molar refractivity (Wildman–Crippen MR) is 129 cm³/mol. The zero-order valence-corrected chi connectivity index (χ0v) is 20.1. The van der Waals surface area contributed by atoms with Gasteiger partial charge in [0, 0.05) is 29.6 Å². The molecule has 1 aliphatic carbocycles. The molecule has 0 radical (unpaired) electrons. The van der Waals surface area contributed by atoms with E-state index < -0.39 is 0 Å². The minimum absolute atomic E-state index is 0.140. The number of hydrogen-bond donors (Lipinski definition) is 2. The molecule has 2 amide bonds. The largest absolute Gasteiger partial charge is 0.490 e. The van der Waals surface area contributed by atoms with E-state index in [0.29, 0.717) is 47.5 Å². The lowest BCUT2D eigenvalue weighted by Crippen LogP contribution is -2.32. The average Bonchev–Trinajstić information content (AvgIpc) is 3.35. The van der Waals surface area contributed by atoms with Crippen molar-refractivity contribution in [2.75, 3.05) is 44.0 Å². The van der Waals surface area contributed by atoms with Gasteiger partial charge >= 0.3 is 0 Å². The highest BCUT2D eigenvalue weighted by Gasteiger charge is 2.23. The summed E-state index contributed by atoms with van der Waals surface area (Å²) in [6.45, 7) is 5.36. The normalized spacial score (nSPS) is 12.2. The maximum atomic E-state index is 12.4. The van der Waals surface area contributed by atoms with Gasteiger partial charge in [-0.15, -0.1) is 11.3 Å². The van der Waals surface area contributed by atoms with Crippen molar-refractivity contribution in [3.63, 3.8) is 0 Å². The maximum Gasteiger partial charge on any atom is 0.238 e. The van der Waals surface area contributed by atoms with Gasteiger partial charge in [-0.3, -0.25) is 14.5 Å². The number of ether oxygens (including phenoxy) is 2. The Bertz CT molecular complexity index is 1040. The number of benzene rings is 1. The lowest BCUT2D eigenvalue weighted by Gasteiger charge is -2.17. The Morgan fingerprint density at radius 1 is 1.12 bits per heavy atom. The number of carbonyl (C=O) groups excluding carboxylic acids is 2. The standard InChI is InChI=1S/C24H30N4O4S/c1-4-31-19-10-9-16(13-20(19)32-5-2)26-23(30)15-28(3)12-11-22(29)27-24-18(14-25)17-7-6-8-21(17)33-24/h9-10,13H,4-8,11-12,15H2,1-3H3,(H,26,30)(H,27,29). The second kappa shape index (κ2) is 11.7. The maximum absolute atomic E-state index is 12.4. The van der Waals surface area contributed by atoms with Crippen LogP contribution in [0, 0.1) is 11.3 Å². The smallest absolute Gasteiger partial charge is 0.238 e. The molecule has 0 aliphatic heterocycles. The monoisotopic (exact) mass is 470 g/mol. The van der Waals surface area contributed by atoms with Crippen molar-refractivity contribution in [2.24, 2.45) is 0 Å². The van der Waals surface area contributed by atoms with Crippen molar-refractivity contribution < 1.29 is 19.1 Å². The lowest BCUT2D eigenvalue weighted by atomic mass is 10.1. The average molecular weight is 471 g/mol. The number of hydrogen-bond acceptors (Lipinski definition) is 7. The van der Waals surface area contributed by atoms with Gasteiger partial charge in [0.05, 0.1) is 25.3 Å². The Morgan fingerprint density at radius 2 is 1.88 bits per heavy atom. The number of thiophene rings is 1. The molecule has 8 nitrogen and oxygen atoms in total. The SMILES string of the molecule is CCOc1ccc(NC(=O)CN(C)CCC(=O)Nc2sc3c(c2C#N)CCC3)cc1OCC. The van der Waals surface area contributed by atoms with E-state index in [-0.39, 0.29) is 24.8 Å². The van der Waals surface area contributed by atoms with E-state index in [0.717, 1.165) is 24.8 Å². The van der Waals surface area contributed by atoms with Crippen LogP contribution in [0.15, 0.2) is 18.2 Å². The fourth-order valence-corrected chi connectivity index (χ4v) is 5.00. The molecule has 0 saturated heterocycles. The Kier molecular flexibility index (Phi) is 8.69. The quantitative estimate of drug-likeness (QED) is 0.518. The van der Waals surface area contributed by atoms with Crippen molar-refractivity contribution in [3.05, 3.63) is 34.2 Å². The number of carbonyl (C=O) groups is 2. The molecule has 0 saturated carbocycles. The van der Waals surface area contributed by atoms with E-state index in [1.165, 1.54) is 16.2 Å². The second-order valence-electron chi connectivity index (χ2n) is 7.78. The molecular formula is C24H30N4O4S. The molecule has 3 rings (SSSR count). The van der Waals surface area contributed by atoms with Gasteiger partial charge in [0.1, 0.15) is 11.1 Å². The van der Waals surface area contributed by atoms with Crippen molar-refractivity contribution in [1.82, 2.24) is 4.90 Å². The first-order chi connectivity index (χ1) is 15.9. The first-order valence-electron chi connectivity index (χ1n) is 11.2. The van der Waals surface area contributed by atoms with Crippen LogP contribution in [0.2, 0.25) is 0 Å². The van der Waals surface area contributed by atoms with Crippen LogP contribution in [0.5, 0.6) is 11.5 Å². The van der Waals surface area contributed by atoms with Gasteiger partial charge in [-0.25, -0.2) is 0 Å². The number of aryl methyl sites for hydroxylation is 1. The third-order valence-electron chi connectivity index (χ3n) is 5.25. The molecule has 1 heterocycles. The number of likely N-dealkylation sites (N-methyl/N-ethyl adjacent to an activating group) is 1. The number of nitrogens with zero attached hydrogens (tertiary/aromatic N) is 2. The van der Waals surface area contributed by atoms with Crippen LogP contribution in [0.4, 0.5) is 10.7 Å². The highest BCUT2D eigenvalue weighted by molar-refractivity contribution is 7.16. The summed E-state index contributed by atoms with van der Waals surface area (Å²) >= 11 is 1.50. The minimum atomic E-state index is -0.189. The van der Waals surface area contributed by atoms with Crippen LogP contribution in [-0.4, -0.2) is 50.1 Å². The molecule has 1 aliphatic rings. The van der Waals surface area contributed by atoms with E-state index in [2.05, 4.69) is 16.7 Å². The zero-order chi connectivity index (χ0) is 23.8. The molecule has 1 aromatic heterocycles. The molecule has 0 atom stereocenters. The molecule has 9 heteroatoms. The number of amides is 2. The summed E-state index contributed by atoms with van der Waals surface area (Å²) < 4.78 is 11.1. The highest BCUT2D eigenvalue weighted by Crippen LogP contribution is 2.38. The number of nitriles is 1. The van der Waals surface area contributed by atoms with Crippen LogP contribution in [0.1, 0.15) is 42.7 Å². The van der Waals surface area contributed by atoms with Gasteiger partial charge in [-0.1, -0.05) is 0 Å². The summed E-state index contributed by atoms with van der Waals surface area (Å²) in [4.78, 5) is 27.8. The fourth-order valence-electron chi connectivity index (χ4n) is 3.75. The zero-order valence-electron chi connectivity index (χ0n) is 19.3. The molecular weight excluding hydrogens is 440 g/mol. The van der Waals surface area contributed by atoms with Gasteiger partial charge in [0.25, 0.3) is 0 Å². The molecule has 0 unspecified atom stereocenters. The number of anilines is 2. The molecule has 176 valence electrons. The van der Waals surface area contributed by atoms with Crippen LogP contribution < -0.4 is 20.1 Å². The Hall–Kier alpha value is -3.09. The third kappa shape index (κ3) is 6.46. The summed E-state index contributed by atoms with van der Waals surface area (Å²) in [5, 5.41) is 15.8. The van der Waals surface area contributed by atoms with Crippen molar-refractivity contribution in [3.8, 4) is 17.6 Å². The number of rotatable bonds is 11. The molecule has 2 aromatic rings. The number of nitrogens with one attached hydrogen (secondary N) is 2. The first kappa shape index (κ1) is 24.6. The van der Waals surface area contributed by atoms with Crippen molar-refractivity contribution in [2.45, 2.75) is 39.5 Å². The Balaban J connectivity index is 1.47. The van der Waals surface area contributed by atoms with Crippen LogP contribution in [0.3, 0.4) is 0 Å². The fraction of sp³-hybridized carbons (Fsp3) is 0.458. The van der Waals surface area contributed by atoms with Crippen molar-refractivity contribution in [1.29, 1.82) is 5.26 Å². The predicted octanol–water partition coefficient (Wildman–Crippen LogP) is 3.80. The van der Waals surface area contributed by atoms with Gasteiger partial charge in [-0.05, 0) is 57.9 Å². The van der Waals surface area contributed by atoms with Crippen LogP contribution in [-0.2, 0) is 22.4 Å². The highest BCUT2D eigenvalue weighted by atomic mass is 32.1. The molecule has 2 N–H and O–H groups in total. The van der Waals surface area contributed by atoms with Gasteiger partial charge in [-0.2, -0.15) is 5.26 Å². The van der Waals surface area contributed by atoms with E-state index in [1.54, 1.807) is 30.1 Å². The van der Waals surface area contributed by atoms with E-state index in [4.69, 9.17) is 9.47 Å². The van der Waals surface area contributed by atoms with Gasteiger partial charge in [0.15, 0.2) is 11.5 Å². The van der Waals surface area contributed by atoms with Gasteiger partial charge < -0.3 is 20.1 Å². The van der Waals surface area contributed by atoms with E-state index >= 15 is 0 Å². The summed E-state index contributed by atoms with van der Waals surface area (Å²) in [5.41, 5.74) is 2.32. The second-order valence-corrected chi connectivity index (χ2v) is 8.89. The lowest BCUT2D eigenvalue weighted by molar-refractivity contribution is -0.119. The van der Waals surface area contributed by atoms with E-state index in [1.807, 2.05) is 13.8 Å². The molecule has 0 fully saturated rings. The summed E-state index contributed by atoms with van der Waals surface area (Å²) in [7, 11) is 1.79. The third-order valence-corrected chi connectivity index (χ3v) is 6.45.